The molecule has 13 heavy (non-hydrogen) atoms. The third-order valence-electron chi connectivity index (χ3n) is 2.25. The van der Waals surface area contributed by atoms with Crippen molar-refractivity contribution in [2.75, 3.05) is 11.5 Å². The molecule has 0 aliphatic carbocycles. The van der Waals surface area contributed by atoms with Crippen LogP contribution in [0.4, 0.5) is 0 Å². The van der Waals surface area contributed by atoms with Crippen molar-refractivity contribution in [2.45, 2.75) is 38.3 Å². The van der Waals surface area contributed by atoms with E-state index in [1.807, 2.05) is 18.7 Å². The Morgan fingerprint density at radius 2 is 2.23 bits per heavy atom. The first-order valence-electron chi connectivity index (χ1n) is 4.80. The van der Waals surface area contributed by atoms with Crippen molar-refractivity contribution in [1.29, 1.82) is 0 Å². The molecule has 1 amide bonds. The van der Waals surface area contributed by atoms with Gasteiger partial charge in [0.05, 0.1) is 0 Å². The molecule has 3 N–H and O–H groups in total. The maximum atomic E-state index is 10.6. The van der Waals surface area contributed by atoms with Crippen LogP contribution < -0.4 is 11.1 Å². The maximum absolute atomic E-state index is 10.6. The van der Waals surface area contributed by atoms with Crippen LogP contribution in [0.3, 0.4) is 0 Å². The zero-order valence-electron chi connectivity index (χ0n) is 8.08. The average Bonchev–Trinajstić information content (AvgIpc) is 2.04. The molecule has 1 fully saturated rings. The Hall–Kier alpha value is -0.220. The van der Waals surface area contributed by atoms with E-state index in [1.165, 1.54) is 24.3 Å². The van der Waals surface area contributed by atoms with E-state index < -0.39 is 0 Å². The maximum Gasteiger partial charge on any atom is 0.218 e. The fourth-order valence-corrected chi connectivity index (χ4v) is 2.73. The molecule has 4 heteroatoms. The smallest absolute Gasteiger partial charge is 0.218 e. The molecule has 76 valence electrons. The molecule has 1 heterocycles. The lowest BCUT2D eigenvalue weighted by atomic mass is 10.1. The molecule has 0 aromatic rings. The molecule has 3 nitrogen and oxygen atoms in total. The number of nitrogens with two attached hydrogens (primary N) is 1. The van der Waals surface area contributed by atoms with Crippen molar-refractivity contribution >= 4 is 17.7 Å². The molecule has 1 unspecified atom stereocenters. The number of rotatable bonds is 4. The van der Waals surface area contributed by atoms with Crippen LogP contribution in [0, 0.1) is 0 Å². The highest BCUT2D eigenvalue weighted by Crippen LogP contribution is 2.17. The van der Waals surface area contributed by atoms with Gasteiger partial charge in [-0.05, 0) is 31.3 Å². The van der Waals surface area contributed by atoms with Gasteiger partial charge in [-0.25, -0.2) is 0 Å². The molecule has 0 spiro atoms. The predicted octanol–water partition coefficient (Wildman–Crippen LogP) is 0.735. The number of hydrogen-bond acceptors (Lipinski definition) is 3. The Morgan fingerprint density at radius 3 is 2.77 bits per heavy atom. The van der Waals surface area contributed by atoms with E-state index in [-0.39, 0.29) is 11.9 Å². The minimum atomic E-state index is -0.217. The van der Waals surface area contributed by atoms with E-state index in [4.69, 9.17) is 5.73 Å². The number of nitrogens with one attached hydrogen (secondary N) is 1. The minimum absolute atomic E-state index is 0.217. The highest BCUT2D eigenvalue weighted by atomic mass is 32.2. The van der Waals surface area contributed by atoms with E-state index in [1.54, 1.807) is 0 Å². The van der Waals surface area contributed by atoms with Crippen molar-refractivity contribution in [3.8, 4) is 0 Å². The molecule has 0 aromatic heterocycles. The lowest BCUT2D eigenvalue weighted by molar-refractivity contribution is -0.118. The summed E-state index contributed by atoms with van der Waals surface area (Å²) in [6, 6.07) is 0.821. The second-order valence-electron chi connectivity index (χ2n) is 3.62. The topological polar surface area (TPSA) is 55.1 Å². The quantitative estimate of drug-likeness (QED) is 0.707. The van der Waals surface area contributed by atoms with Gasteiger partial charge >= 0.3 is 0 Å². The molecule has 1 atom stereocenters. The van der Waals surface area contributed by atoms with E-state index in [0.717, 1.165) is 0 Å². The van der Waals surface area contributed by atoms with Crippen molar-refractivity contribution in [2.24, 2.45) is 5.73 Å². The number of carbonyl (C=O) groups is 1. The van der Waals surface area contributed by atoms with Crippen molar-refractivity contribution in [1.82, 2.24) is 5.32 Å². The molecule has 1 aliphatic heterocycles. The van der Waals surface area contributed by atoms with Gasteiger partial charge in [-0.1, -0.05) is 0 Å². The molecular formula is C9H18N2OS. The Kier molecular flexibility index (Phi) is 4.59. The molecular weight excluding hydrogens is 184 g/mol. The monoisotopic (exact) mass is 202 g/mol. The van der Waals surface area contributed by atoms with Crippen molar-refractivity contribution in [3.05, 3.63) is 0 Å². The van der Waals surface area contributed by atoms with Crippen LogP contribution in [0.2, 0.25) is 0 Å². The van der Waals surface area contributed by atoms with Gasteiger partial charge in [0.15, 0.2) is 0 Å². The second kappa shape index (κ2) is 5.50. The van der Waals surface area contributed by atoms with E-state index in [2.05, 4.69) is 5.32 Å². The fraction of sp³-hybridized carbons (Fsp3) is 0.889. The number of thioether (sulfide) groups is 1. The van der Waals surface area contributed by atoms with E-state index in [9.17, 15) is 4.79 Å². The van der Waals surface area contributed by atoms with Crippen LogP contribution in [0.25, 0.3) is 0 Å². The summed E-state index contributed by atoms with van der Waals surface area (Å²) in [4.78, 5) is 10.6. The normalized spacial score (nSPS) is 21.3. The summed E-state index contributed by atoms with van der Waals surface area (Å²) in [6.45, 7) is 2.02. The molecule has 0 bridgehead atoms. The average molecular weight is 202 g/mol. The van der Waals surface area contributed by atoms with Gasteiger partial charge in [0.1, 0.15) is 0 Å². The fourth-order valence-electron chi connectivity index (χ4n) is 1.63. The Balaban J connectivity index is 2.18. The molecule has 0 radical (unpaired) electrons. The van der Waals surface area contributed by atoms with Gasteiger partial charge in [0, 0.05) is 18.5 Å². The SMILES string of the molecule is CC(CC(N)=O)NC1CCSCC1. The molecule has 0 aromatic carbocycles. The third-order valence-corrected chi connectivity index (χ3v) is 3.30. The van der Waals surface area contributed by atoms with Crippen LogP contribution in [-0.4, -0.2) is 29.5 Å². The Bertz CT molecular complexity index is 169. The number of primary amides is 1. The minimum Gasteiger partial charge on any atom is -0.370 e. The lowest BCUT2D eigenvalue weighted by Crippen LogP contribution is -2.40. The van der Waals surface area contributed by atoms with Crippen LogP contribution in [-0.2, 0) is 4.79 Å². The summed E-state index contributed by atoms with van der Waals surface area (Å²) in [5, 5.41) is 3.44. The molecule has 0 saturated carbocycles. The summed E-state index contributed by atoms with van der Waals surface area (Å²) in [5.74, 6) is 2.26. The van der Waals surface area contributed by atoms with Crippen LogP contribution in [0.5, 0.6) is 0 Å². The van der Waals surface area contributed by atoms with Crippen molar-refractivity contribution < 1.29 is 4.79 Å². The van der Waals surface area contributed by atoms with Gasteiger partial charge in [0.25, 0.3) is 0 Å². The van der Waals surface area contributed by atoms with E-state index >= 15 is 0 Å². The van der Waals surface area contributed by atoms with Gasteiger partial charge < -0.3 is 11.1 Å². The highest BCUT2D eigenvalue weighted by molar-refractivity contribution is 7.99. The number of amides is 1. The number of hydrogen-bond donors (Lipinski definition) is 2. The first-order chi connectivity index (χ1) is 6.18. The molecule has 1 saturated heterocycles. The summed E-state index contributed by atoms with van der Waals surface area (Å²) in [7, 11) is 0. The Morgan fingerprint density at radius 1 is 1.62 bits per heavy atom. The van der Waals surface area contributed by atoms with Crippen LogP contribution in [0.1, 0.15) is 26.2 Å². The highest BCUT2D eigenvalue weighted by Gasteiger charge is 2.16. The van der Waals surface area contributed by atoms with Gasteiger partial charge in [-0.15, -0.1) is 0 Å². The second-order valence-corrected chi connectivity index (χ2v) is 4.85. The van der Waals surface area contributed by atoms with Gasteiger partial charge in [-0.3, -0.25) is 4.79 Å². The Labute approximate surface area is 83.8 Å². The first-order valence-corrected chi connectivity index (χ1v) is 5.96. The zero-order chi connectivity index (χ0) is 9.68. The van der Waals surface area contributed by atoms with Crippen molar-refractivity contribution in [3.63, 3.8) is 0 Å². The van der Waals surface area contributed by atoms with Gasteiger partial charge in [-0.2, -0.15) is 11.8 Å². The third kappa shape index (κ3) is 4.52. The standard InChI is InChI=1S/C9H18N2OS/c1-7(6-9(10)12)11-8-2-4-13-5-3-8/h7-8,11H,2-6H2,1H3,(H2,10,12). The first kappa shape index (κ1) is 10.9. The summed E-state index contributed by atoms with van der Waals surface area (Å²) >= 11 is 2.01. The summed E-state index contributed by atoms with van der Waals surface area (Å²) < 4.78 is 0. The van der Waals surface area contributed by atoms with Gasteiger partial charge in [0.2, 0.25) is 5.91 Å². The molecule has 1 rings (SSSR count). The summed E-state index contributed by atoms with van der Waals surface area (Å²) in [5.41, 5.74) is 5.12. The van der Waals surface area contributed by atoms with E-state index in [0.29, 0.717) is 12.5 Å². The summed E-state index contributed by atoms with van der Waals surface area (Å²) in [6.07, 6.45) is 2.88. The van der Waals surface area contributed by atoms with Crippen LogP contribution in [0.15, 0.2) is 0 Å². The number of carbonyl (C=O) groups excluding carboxylic acids is 1. The molecule has 1 aliphatic rings. The van der Waals surface area contributed by atoms with Crippen LogP contribution >= 0.6 is 11.8 Å². The largest absolute Gasteiger partial charge is 0.370 e. The lowest BCUT2D eigenvalue weighted by Gasteiger charge is -2.25. The predicted molar refractivity (Wildman–Crippen MR) is 56.8 cm³/mol. The zero-order valence-corrected chi connectivity index (χ0v) is 8.90.